The summed E-state index contributed by atoms with van der Waals surface area (Å²) in [5.41, 5.74) is 2.93. The van der Waals surface area contributed by atoms with E-state index in [1.165, 1.54) is 24.3 Å². The van der Waals surface area contributed by atoms with Gasteiger partial charge in [0.25, 0.3) is 0 Å². The number of aromatic nitrogens is 4. The molecule has 2 aromatic carbocycles. The third kappa shape index (κ3) is 18.0. The van der Waals surface area contributed by atoms with Crippen molar-refractivity contribution in [3.63, 3.8) is 0 Å². The number of urea groups is 2. The average Bonchev–Trinajstić information content (AvgIpc) is 3.33. The lowest BCUT2D eigenvalue weighted by molar-refractivity contribution is -0.275. The van der Waals surface area contributed by atoms with Crippen LogP contribution in [0.4, 0.5) is 58.9 Å². The number of amides is 4. The van der Waals surface area contributed by atoms with Gasteiger partial charge in [-0.3, -0.25) is 9.97 Å². The van der Waals surface area contributed by atoms with E-state index in [2.05, 4.69) is 81.1 Å². The molecule has 8 rings (SSSR count). The second-order valence-electron chi connectivity index (χ2n) is 15.3. The fraction of sp³-hybridized carbons (Fsp3) is 0.261. The maximum atomic E-state index is 12.4. The quantitative estimate of drug-likeness (QED) is 0.0612. The summed E-state index contributed by atoms with van der Waals surface area (Å²) in [7, 11) is 0.430. The van der Waals surface area contributed by atoms with Gasteiger partial charge in [0, 0.05) is 67.5 Å². The van der Waals surface area contributed by atoms with Crippen molar-refractivity contribution in [2.75, 3.05) is 46.6 Å². The molecule has 0 aliphatic carbocycles. The van der Waals surface area contributed by atoms with E-state index in [0.29, 0.717) is 32.1 Å². The molecule has 70 heavy (non-hydrogen) atoms. The molecule has 4 amide bonds. The van der Waals surface area contributed by atoms with Crippen LogP contribution in [0.5, 0.6) is 17.2 Å². The largest absolute Gasteiger partial charge is 0.573 e. The van der Waals surface area contributed by atoms with Crippen molar-refractivity contribution in [3.8, 4) is 28.4 Å². The van der Waals surface area contributed by atoms with E-state index in [1.54, 1.807) is 73.6 Å². The third-order valence-corrected chi connectivity index (χ3v) is 10.8. The number of alkyl halides is 6. The Morgan fingerprint density at radius 3 is 1.47 bits per heavy atom. The van der Waals surface area contributed by atoms with Gasteiger partial charge in [-0.15, -0.1) is 26.3 Å². The van der Waals surface area contributed by atoms with Crippen LogP contribution in [-0.2, 0) is 0 Å². The molecule has 16 nitrogen and oxygen atoms in total. The lowest BCUT2D eigenvalue weighted by Gasteiger charge is -2.33. The molecule has 2 aliphatic heterocycles. The van der Waals surface area contributed by atoms with Crippen molar-refractivity contribution in [2.24, 2.45) is 0 Å². The topological polar surface area (TPSA) is 188 Å². The molecule has 24 heteroatoms. The lowest BCUT2D eigenvalue weighted by Crippen LogP contribution is -2.46. The highest BCUT2D eigenvalue weighted by Crippen LogP contribution is 2.29. The van der Waals surface area contributed by atoms with E-state index in [0.717, 1.165) is 78.1 Å². The highest BCUT2D eigenvalue weighted by Gasteiger charge is 2.32. The molecule has 2 saturated heterocycles. The van der Waals surface area contributed by atoms with Crippen LogP contribution in [0, 0.1) is 0 Å². The molecule has 2 fully saturated rings. The van der Waals surface area contributed by atoms with Gasteiger partial charge in [0.2, 0.25) is 0 Å². The number of anilines is 4. The monoisotopic (exact) mass is 1040 g/mol. The first-order valence-corrected chi connectivity index (χ1v) is 22.2. The normalized spacial score (nSPS) is 14.1. The minimum atomic E-state index is -4.72. The predicted molar refractivity (Wildman–Crippen MR) is 253 cm³/mol. The first kappa shape index (κ1) is 52.0. The molecule has 1 radical (unpaired) electrons. The molecule has 0 spiro atoms. The minimum Gasteiger partial charge on any atom is -0.537 e. The second-order valence-corrected chi connectivity index (χ2v) is 16.2. The van der Waals surface area contributed by atoms with Crippen LogP contribution in [0.25, 0.3) is 11.1 Å². The van der Waals surface area contributed by atoms with Gasteiger partial charge in [0.1, 0.15) is 28.9 Å². The van der Waals surface area contributed by atoms with Crippen LogP contribution in [0.2, 0.25) is 0 Å². The molecule has 367 valence electrons. The van der Waals surface area contributed by atoms with Crippen molar-refractivity contribution in [3.05, 3.63) is 139 Å². The fourth-order valence-corrected chi connectivity index (χ4v) is 7.37. The molecule has 4 aromatic heterocycles. The number of carbonyl (C=O) groups excluding carboxylic acids is 2. The molecule has 0 saturated carbocycles. The van der Waals surface area contributed by atoms with Crippen molar-refractivity contribution in [1.29, 1.82) is 0 Å². The van der Waals surface area contributed by atoms with Gasteiger partial charge < -0.3 is 50.2 Å². The first-order chi connectivity index (χ1) is 33.6. The number of hydrogen-bond donors (Lipinski definition) is 5. The zero-order chi connectivity index (χ0) is 49.9. The number of carbonyl (C=O) groups is 2. The molecular weight excluding hydrogens is 993 g/mol. The molecule has 6 heterocycles. The summed E-state index contributed by atoms with van der Waals surface area (Å²) < 4.78 is 85.2. The van der Waals surface area contributed by atoms with E-state index in [1.807, 2.05) is 24.3 Å². The number of halogens is 7. The van der Waals surface area contributed by atoms with Crippen molar-refractivity contribution >= 4 is 58.7 Å². The van der Waals surface area contributed by atoms with Crippen LogP contribution in [0.3, 0.4) is 0 Å². The second kappa shape index (κ2) is 25.3. The zero-order valence-corrected chi connectivity index (χ0v) is 38.5. The van der Waals surface area contributed by atoms with Gasteiger partial charge >= 0.3 is 32.5 Å². The molecule has 2 aliphatic rings. The number of nitrogens with zero attached hydrogens (tertiary/aromatic N) is 6. The van der Waals surface area contributed by atoms with E-state index >= 15 is 0 Å². The van der Waals surface area contributed by atoms with Crippen LogP contribution < -0.4 is 45.2 Å². The number of benzene rings is 2. The summed E-state index contributed by atoms with van der Waals surface area (Å²) in [5, 5.41) is 19.8. The molecule has 0 unspecified atom stereocenters. The standard InChI is InChI=1S/C23H22F3N5O2.C16H18BrN5O.C7H5BF3O3/c24-23(25,26)33-20-5-3-16(4-6-20)17-7-11-28-21(14-17)31-12-8-18(9-13-31)29-22(32)30-19-2-1-10-27-15-19;17-12-3-7-19-15(10-12)22-8-4-13(5-9-22)20-16(23)21-14-2-1-6-18-11-14;9-7(10,11)13-5-1-3-6(4-2-5)14-8-12/h1-7,10-11,14-15,18H,8-9,12-13H2,(H2,29,30,32);1-3,6-7,10-11,13H,4-5,8-9H2,(H2,20,21,23);1-4,12H. The molecular formula is C46H45BBrF6N10O6. The van der Waals surface area contributed by atoms with E-state index in [-0.39, 0.29) is 41.4 Å². The zero-order valence-electron chi connectivity index (χ0n) is 36.9. The van der Waals surface area contributed by atoms with Crippen LogP contribution in [-0.4, -0.2) is 95.7 Å². The van der Waals surface area contributed by atoms with Gasteiger partial charge in [-0.1, -0.05) is 28.1 Å². The summed E-state index contributed by atoms with van der Waals surface area (Å²) in [6.45, 7) is 3.18. The molecule has 5 N–H and O–H groups in total. The Morgan fingerprint density at radius 1 is 0.600 bits per heavy atom. The number of pyridine rings is 4. The smallest absolute Gasteiger partial charge is 0.537 e. The van der Waals surface area contributed by atoms with Crippen LogP contribution in [0.1, 0.15) is 25.7 Å². The number of rotatable bonds is 11. The molecule has 0 atom stereocenters. The summed E-state index contributed by atoms with van der Waals surface area (Å²) in [5.74, 6) is 1.35. The highest BCUT2D eigenvalue weighted by molar-refractivity contribution is 9.10. The maximum absolute atomic E-state index is 12.4. The highest BCUT2D eigenvalue weighted by atomic mass is 79.9. The minimum absolute atomic E-state index is 0.0438. The molecule has 6 aromatic rings. The molecule has 0 bridgehead atoms. The number of ether oxygens (including phenoxy) is 2. The van der Waals surface area contributed by atoms with E-state index < -0.39 is 12.7 Å². The number of hydrogen-bond acceptors (Lipinski definition) is 12. The van der Waals surface area contributed by atoms with Gasteiger partial charge in [-0.25, -0.2) is 19.6 Å². The summed E-state index contributed by atoms with van der Waals surface area (Å²) in [6.07, 6.45) is 3.89. The number of piperidine rings is 2. The SMILES string of the molecule is O=C(Nc1cccnc1)NC1CCN(c2cc(-c3ccc(OC(F)(F)F)cc3)ccn2)CC1.O=C(Nc1cccnc1)NC1CCN(c2cc(Br)ccn2)CC1.O[B]Oc1ccc(OC(F)(F)F)cc1. The third-order valence-electron chi connectivity index (χ3n) is 10.3. The van der Waals surface area contributed by atoms with Crippen LogP contribution in [0.15, 0.2) is 139 Å². The summed E-state index contributed by atoms with van der Waals surface area (Å²) in [6, 6.07) is 24.9. The Labute approximate surface area is 407 Å². The van der Waals surface area contributed by atoms with Crippen molar-refractivity contribution < 1.29 is 55.1 Å². The van der Waals surface area contributed by atoms with Gasteiger partial charge in [-0.05, 0) is 122 Å². The first-order valence-electron chi connectivity index (χ1n) is 21.4. The van der Waals surface area contributed by atoms with Crippen molar-refractivity contribution in [1.82, 2.24) is 30.6 Å². The van der Waals surface area contributed by atoms with E-state index in [9.17, 15) is 35.9 Å². The predicted octanol–water partition coefficient (Wildman–Crippen LogP) is 9.35. The van der Waals surface area contributed by atoms with E-state index in [4.69, 9.17) is 5.02 Å². The Bertz CT molecular complexity index is 2550. The van der Waals surface area contributed by atoms with Crippen LogP contribution >= 0.6 is 15.9 Å². The van der Waals surface area contributed by atoms with Gasteiger partial charge in [0.05, 0.1) is 23.8 Å². The Balaban J connectivity index is 0.000000188. The fourth-order valence-electron chi connectivity index (χ4n) is 7.05. The Morgan fingerprint density at radius 2 is 1.04 bits per heavy atom. The maximum Gasteiger partial charge on any atom is 0.573 e. The summed E-state index contributed by atoms with van der Waals surface area (Å²) in [4.78, 5) is 45.3. The number of nitrogens with one attached hydrogen (secondary N) is 4. The Hall–Kier alpha value is -7.34. The van der Waals surface area contributed by atoms with Crippen molar-refractivity contribution in [2.45, 2.75) is 50.5 Å². The summed E-state index contributed by atoms with van der Waals surface area (Å²) >= 11 is 3.47. The Kier molecular flexibility index (Phi) is 18.8. The van der Waals surface area contributed by atoms with Gasteiger partial charge in [0.15, 0.2) is 0 Å². The average molecular weight is 1040 g/mol. The lowest BCUT2D eigenvalue weighted by atomic mass is 10.0. The van der Waals surface area contributed by atoms with Gasteiger partial charge in [-0.2, -0.15) is 0 Å².